The second kappa shape index (κ2) is 7.15. The minimum absolute atomic E-state index is 0.0118. The molecule has 0 radical (unpaired) electrons. The minimum Gasteiger partial charge on any atom is -0.349 e. The molecular formula is C18H25N7O2. The molecule has 2 N–H and O–H groups in total. The summed E-state index contributed by atoms with van der Waals surface area (Å²) >= 11 is 0. The van der Waals surface area contributed by atoms with Crippen LogP contribution in [0.2, 0.25) is 0 Å². The molecule has 2 amide bonds. The largest absolute Gasteiger partial charge is 0.349 e. The number of carbonyl (C=O) groups is 2. The molecule has 1 unspecified atom stereocenters. The number of likely N-dealkylation sites (N-methyl/N-ethyl adjacent to an activating group) is 1. The number of aromatic nitrogens is 4. The number of piperidine rings is 1. The fraction of sp³-hybridized carbons (Fsp3) is 0.556. The molecule has 2 saturated heterocycles. The smallest absolute Gasteiger partial charge is 0.255 e. The Bertz CT molecular complexity index is 834. The van der Waals surface area contributed by atoms with Gasteiger partial charge in [-0.05, 0) is 19.3 Å². The summed E-state index contributed by atoms with van der Waals surface area (Å²) in [4.78, 5) is 29.0. The van der Waals surface area contributed by atoms with E-state index in [9.17, 15) is 9.59 Å². The van der Waals surface area contributed by atoms with Crippen molar-refractivity contribution in [2.45, 2.75) is 31.3 Å². The molecule has 144 valence electrons. The van der Waals surface area contributed by atoms with Crippen LogP contribution in [0.25, 0.3) is 11.3 Å². The summed E-state index contributed by atoms with van der Waals surface area (Å²) in [6, 6.07) is 0.123. The van der Waals surface area contributed by atoms with Crippen molar-refractivity contribution in [3.63, 3.8) is 0 Å². The van der Waals surface area contributed by atoms with E-state index in [1.807, 2.05) is 20.3 Å². The number of aryl methyl sites for hydroxylation is 1. The van der Waals surface area contributed by atoms with Gasteiger partial charge in [-0.1, -0.05) is 0 Å². The van der Waals surface area contributed by atoms with Gasteiger partial charge in [0.2, 0.25) is 5.91 Å². The maximum atomic E-state index is 12.7. The zero-order valence-electron chi connectivity index (χ0n) is 15.7. The quantitative estimate of drug-likeness (QED) is 0.802. The lowest BCUT2D eigenvalue weighted by atomic mass is 10.0. The summed E-state index contributed by atoms with van der Waals surface area (Å²) in [6.07, 6.45) is 7.70. The molecule has 2 aromatic rings. The van der Waals surface area contributed by atoms with Crippen molar-refractivity contribution >= 4 is 11.8 Å². The highest BCUT2D eigenvalue weighted by atomic mass is 16.2. The van der Waals surface area contributed by atoms with Crippen LogP contribution >= 0.6 is 0 Å². The normalized spacial score (nSPS) is 21.8. The van der Waals surface area contributed by atoms with Crippen LogP contribution in [0.4, 0.5) is 0 Å². The van der Waals surface area contributed by atoms with Gasteiger partial charge >= 0.3 is 0 Å². The topological polar surface area (TPSA) is 99.1 Å². The zero-order valence-corrected chi connectivity index (χ0v) is 15.7. The first-order valence-electron chi connectivity index (χ1n) is 9.35. The molecule has 0 aromatic carbocycles. The molecule has 2 aliphatic rings. The van der Waals surface area contributed by atoms with Crippen molar-refractivity contribution in [1.29, 1.82) is 0 Å². The van der Waals surface area contributed by atoms with E-state index < -0.39 is 0 Å². The fourth-order valence-corrected chi connectivity index (χ4v) is 3.99. The second-order valence-corrected chi connectivity index (χ2v) is 7.41. The van der Waals surface area contributed by atoms with E-state index in [1.54, 1.807) is 22.0 Å². The number of nitrogens with zero attached hydrogens (tertiary/aromatic N) is 5. The monoisotopic (exact) mass is 371 g/mol. The maximum absolute atomic E-state index is 12.7. The van der Waals surface area contributed by atoms with Crippen LogP contribution in [0.15, 0.2) is 18.6 Å². The molecule has 0 aliphatic carbocycles. The molecule has 27 heavy (non-hydrogen) atoms. The van der Waals surface area contributed by atoms with Crippen LogP contribution in [-0.2, 0) is 11.8 Å². The number of amides is 2. The van der Waals surface area contributed by atoms with Crippen LogP contribution in [0, 0.1) is 0 Å². The molecule has 0 spiro atoms. The van der Waals surface area contributed by atoms with Gasteiger partial charge in [0.05, 0.1) is 29.7 Å². The highest BCUT2D eigenvalue weighted by Crippen LogP contribution is 2.23. The summed E-state index contributed by atoms with van der Waals surface area (Å²) in [5, 5.41) is 14.2. The Balaban J connectivity index is 1.35. The van der Waals surface area contributed by atoms with Crippen molar-refractivity contribution in [1.82, 2.24) is 35.1 Å². The Kier molecular flexibility index (Phi) is 4.69. The molecule has 9 nitrogen and oxygen atoms in total. The third-order valence-electron chi connectivity index (χ3n) is 5.58. The van der Waals surface area contributed by atoms with Crippen molar-refractivity contribution in [2.75, 3.05) is 26.7 Å². The van der Waals surface area contributed by atoms with Gasteiger partial charge in [-0.2, -0.15) is 10.2 Å². The highest BCUT2D eigenvalue weighted by molar-refractivity contribution is 5.99. The van der Waals surface area contributed by atoms with E-state index in [4.69, 9.17) is 0 Å². The Morgan fingerprint density at radius 2 is 1.96 bits per heavy atom. The standard InChI is InChI=1S/C18H25N7O2/c1-23-6-5-15(18(23)27)25-7-3-13(4-8-25)21-17(26)14-10-19-22-16(14)12-9-20-24(2)11-12/h9-11,13,15H,3-8H2,1-2H3,(H,19,22)(H,21,26). The molecule has 2 aromatic heterocycles. The van der Waals surface area contributed by atoms with Crippen LogP contribution < -0.4 is 5.32 Å². The van der Waals surface area contributed by atoms with E-state index in [0.717, 1.165) is 44.5 Å². The Morgan fingerprint density at radius 3 is 2.59 bits per heavy atom. The summed E-state index contributed by atoms with van der Waals surface area (Å²) in [5.41, 5.74) is 2.04. The van der Waals surface area contributed by atoms with Crippen LogP contribution in [0.5, 0.6) is 0 Å². The predicted molar refractivity (Wildman–Crippen MR) is 98.9 cm³/mol. The summed E-state index contributed by atoms with van der Waals surface area (Å²) < 4.78 is 1.69. The fourth-order valence-electron chi connectivity index (χ4n) is 3.99. The van der Waals surface area contributed by atoms with E-state index in [0.29, 0.717) is 11.3 Å². The Labute approximate surface area is 157 Å². The molecular weight excluding hydrogens is 346 g/mol. The SMILES string of the molecule is CN1CCC(N2CCC(NC(=O)c3cn[nH]c3-c3cnn(C)c3)CC2)C1=O. The van der Waals surface area contributed by atoms with Gasteiger partial charge in [-0.3, -0.25) is 24.3 Å². The van der Waals surface area contributed by atoms with Crippen molar-refractivity contribution < 1.29 is 9.59 Å². The molecule has 2 fully saturated rings. The van der Waals surface area contributed by atoms with Crippen LogP contribution in [0.3, 0.4) is 0 Å². The maximum Gasteiger partial charge on any atom is 0.255 e. The van der Waals surface area contributed by atoms with E-state index >= 15 is 0 Å². The average molecular weight is 371 g/mol. The lowest BCUT2D eigenvalue weighted by Crippen LogP contribution is -2.50. The Hall–Kier alpha value is -2.68. The average Bonchev–Trinajstić information content (AvgIpc) is 3.37. The van der Waals surface area contributed by atoms with Gasteiger partial charge in [0.1, 0.15) is 0 Å². The van der Waals surface area contributed by atoms with Crippen molar-refractivity contribution in [3.05, 3.63) is 24.2 Å². The van der Waals surface area contributed by atoms with Crippen molar-refractivity contribution in [2.24, 2.45) is 7.05 Å². The first-order chi connectivity index (χ1) is 13.0. The minimum atomic E-state index is -0.127. The first kappa shape index (κ1) is 17.7. The van der Waals surface area contributed by atoms with Gasteiger partial charge in [0, 0.05) is 51.5 Å². The number of carbonyl (C=O) groups excluding carboxylic acids is 2. The summed E-state index contributed by atoms with van der Waals surface area (Å²) in [7, 11) is 3.69. The van der Waals surface area contributed by atoms with E-state index in [-0.39, 0.29) is 23.9 Å². The lowest BCUT2D eigenvalue weighted by molar-refractivity contribution is -0.131. The molecule has 2 aliphatic heterocycles. The van der Waals surface area contributed by atoms with Gasteiger partial charge in [0.25, 0.3) is 5.91 Å². The lowest BCUT2D eigenvalue weighted by Gasteiger charge is -2.35. The first-order valence-corrected chi connectivity index (χ1v) is 9.35. The number of hydrogen-bond acceptors (Lipinski definition) is 5. The number of rotatable bonds is 4. The zero-order chi connectivity index (χ0) is 19.0. The molecule has 4 heterocycles. The predicted octanol–water partition coefficient (Wildman–Crippen LogP) is 0.235. The number of hydrogen-bond donors (Lipinski definition) is 2. The highest BCUT2D eigenvalue weighted by Gasteiger charge is 2.36. The number of likely N-dealkylation sites (tertiary alicyclic amines) is 2. The van der Waals surface area contributed by atoms with Gasteiger partial charge in [0.15, 0.2) is 0 Å². The summed E-state index contributed by atoms with van der Waals surface area (Å²) in [6.45, 7) is 2.49. The van der Waals surface area contributed by atoms with E-state index in [2.05, 4.69) is 25.5 Å². The molecule has 9 heteroatoms. The third-order valence-corrected chi connectivity index (χ3v) is 5.58. The van der Waals surface area contributed by atoms with Crippen molar-refractivity contribution in [3.8, 4) is 11.3 Å². The van der Waals surface area contributed by atoms with Gasteiger partial charge in [-0.25, -0.2) is 0 Å². The Morgan fingerprint density at radius 1 is 1.19 bits per heavy atom. The van der Waals surface area contributed by atoms with Gasteiger partial charge in [-0.15, -0.1) is 0 Å². The number of aromatic amines is 1. The molecule has 4 rings (SSSR count). The van der Waals surface area contributed by atoms with Crippen LogP contribution in [0.1, 0.15) is 29.6 Å². The van der Waals surface area contributed by atoms with Crippen LogP contribution in [-0.4, -0.2) is 80.4 Å². The number of nitrogens with one attached hydrogen (secondary N) is 2. The molecule has 1 atom stereocenters. The third kappa shape index (κ3) is 3.46. The number of H-pyrrole nitrogens is 1. The summed E-state index contributed by atoms with van der Waals surface area (Å²) in [5.74, 6) is 0.0923. The second-order valence-electron chi connectivity index (χ2n) is 7.41. The molecule has 0 bridgehead atoms. The molecule has 0 saturated carbocycles. The van der Waals surface area contributed by atoms with Gasteiger partial charge < -0.3 is 10.2 Å². The van der Waals surface area contributed by atoms with E-state index in [1.165, 1.54) is 0 Å².